The smallest absolute Gasteiger partial charge is 0.305 e. The first-order chi connectivity index (χ1) is 29.5. The third kappa shape index (κ3) is 8.29. The van der Waals surface area contributed by atoms with E-state index in [1.54, 1.807) is 6.07 Å². The number of anilines is 1. The number of methoxy groups -OCH3 is 1. The highest BCUT2D eigenvalue weighted by atomic mass is 19.1. The van der Waals surface area contributed by atoms with Crippen LogP contribution in [0.2, 0.25) is 0 Å². The Kier molecular flexibility index (Phi) is 11.9. The molecule has 0 amide bonds. The number of ether oxygens (including phenoxy) is 5. The predicted molar refractivity (Wildman–Crippen MR) is 229 cm³/mol. The number of carbonyl (C=O) groups is 1. The number of carbonyl (C=O) groups excluding carboxylic acids is 1. The molecule has 3 atom stereocenters. The van der Waals surface area contributed by atoms with E-state index in [4.69, 9.17) is 28.7 Å². The monoisotopic (exact) mass is 809 g/mol. The SMILES string of the molecule is COC(=O)CC1CCN(c2ccc(-c3nc4cc(O[C@@H]5CO[C@H](COC(c6ccccc6)(c6ccccc6)c6ccccc6)C5)n(C5CCCCO5)c4cc3F)cc2)CC1. The van der Waals surface area contributed by atoms with Crippen molar-refractivity contribution in [2.75, 3.05) is 44.9 Å². The van der Waals surface area contributed by atoms with Crippen molar-refractivity contribution < 1.29 is 32.9 Å². The largest absolute Gasteiger partial charge is 0.473 e. The molecule has 3 fully saturated rings. The Morgan fingerprint density at radius 3 is 2.07 bits per heavy atom. The van der Waals surface area contributed by atoms with Gasteiger partial charge in [0.15, 0.2) is 11.7 Å². The fraction of sp³-hybridized carbons (Fsp3) is 0.360. The van der Waals surface area contributed by atoms with Crippen molar-refractivity contribution in [3.05, 3.63) is 150 Å². The van der Waals surface area contributed by atoms with Crippen molar-refractivity contribution >= 4 is 22.7 Å². The van der Waals surface area contributed by atoms with Gasteiger partial charge >= 0.3 is 5.97 Å². The highest BCUT2D eigenvalue weighted by Crippen LogP contribution is 2.42. The Morgan fingerprint density at radius 2 is 1.47 bits per heavy atom. The second kappa shape index (κ2) is 18.0. The average molecular weight is 810 g/mol. The van der Waals surface area contributed by atoms with Crippen LogP contribution in [0.4, 0.5) is 10.1 Å². The van der Waals surface area contributed by atoms with Crippen molar-refractivity contribution in [1.29, 1.82) is 0 Å². The van der Waals surface area contributed by atoms with Gasteiger partial charge in [-0.1, -0.05) is 103 Å². The van der Waals surface area contributed by atoms with Crippen LogP contribution in [0.1, 0.15) is 67.9 Å². The number of hydrogen-bond donors (Lipinski definition) is 0. The van der Waals surface area contributed by atoms with Gasteiger partial charge in [0.1, 0.15) is 23.6 Å². The summed E-state index contributed by atoms with van der Waals surface area (Å²) >= 11 is 0. The lowest BCUT2D eigenvalue weighted by Gasteiger charge is -2.36. The van der Waals surface area contributed by atoms with Crippen LogP contribution in [0.5, 0.6) is 5.88 Å². The minimum atomic E-state index is -0.853. The van der Waals surface area contributed by atoms with E-state index in [1.165, 1.54) is 7.11 Å². The fourth-order valence-corrected chi connectivity index (χ4v) is 9.19. The van der Waals surface area contributed by atoms with Crippen molar-refractivity contribution in [1.82, 2.24) is 9.55 Å². The first-order valence-corrected chi connectivity index (χ1v) is 21.3. The summed E-state index contributed by atoms with van der Waals surface area (Å²) in [5.41, 5.74) is 5.60. The number of halogens is 1. The van der Waals surface area contributed by atoms with Crippen LogP contribution in [0.15, 0.2) is 127 Å². The van der Waals surface area contributed by atoms with E-state index in [0.29, 0.717) is 66.8 Å². The molecular weight excluding hydrogens is 758 g/mol. The highest BCUT2D eigenvalue weighted by molar-refractivity contribution is 5.82. The zero-order valence-corrected chi connectivity index (χ0v) is 34.1. The van der Waals surface area contributed by atoms with Gasteiger partial charge in [0.2, 0.25) is 0 Å². The summed E-state index contributed by atoms with van der Waals surface area (Å²) in [6.07, 6.45) is 4.94. The van der Waals surface area contributed by atoms with Crippen LogP contribution in [-0.4, -0.2) is 67.7 Å². The van der Waals surface area contributed by atoms with E-state index in [9.17, 15) is 4.79 Å². The van der Waals surface area contributed by atoms with Crippen molar-refractivity contribution in [3.8, 4) is 17.1 Å². The molecule has 9 nitrogen and oxygen atoms in total. The summed E-state index contributed by atoms with van der Waals surface area (Å²) in [6.45, 7) is 3.07. The molecule has 0 bridgehead atoms. The van der Waals surface area contributed by atoms with Gasteiger partial charge in [-0.05, 0) is 66.8 Å². The van der Waals surface area contributed by atoms with E-state index in [0.717, 1.165) is 67.6 Å². The maximum atomic E-state index is 16.2. The number of nitrogens with zero attached hydrogens (tertiary/aromatic N) is 3. The van der Waals surface area contributed by atoms with Gasteiger partial charge in [0.25, 0.3) is 0 Å². The van der Waals surface area contributed by atoms with E-state index < -0.39 is 11.4 Å². The topological polar surface area (TPSA) is 84.3 Å². The maximum absolute atomic E-state index is 16.2. The van der Waals surface area contributed by atoms with Crippen molar-refractivity contribution in [2.24, 2.45) is 5.92 Å². The summed E-state index contributed by atoms with van der Waals surface area (Å²) in [5, 5.41) is 0. The summed E-state index contributed by atoms with van der Waals surface area (Å²) in [7, 11) is 1.44. The molecule has 6 aromatic rings. The normalized spacial score (nSPS) is 20.0. The molecule has 60 heavy (non-hydrogen) atoms. The molecule has 9 rings (SSSR count). The number of pyridine rings is 1. The number of fused-ring (bicyclic) bond motifs is 1. The lowest BCUT2D eigenvalue weighted by Crippen LogP contribution is -2.35. The number of rotatable bonds is 13. The molecule has 0 aliphatic carbocycles. The minimum absolute atomic E-state index is 0.152. The van der Waals surface area contributed by atoms with Crippen molar-refractivity contribution in [3.63, 3.8) is 0 Å². The Labute approximate surface area is 351 Å². The Bertz CT molecular complexity index is 2250. The van der Waals surface area contributed by atoms with Gasteiger partial charge in [-0.2, -0.15) is 0 Å². The first kappa shape index (κ1) is 39.9. The third-order valence-electron chi connectivity index (χ3n) is 12.3. The zero-order valence-electron chi connectivity index (χ0n) is 34.1. The number of benzene rings is 4. The van der Waals surface area contributed by atoms with Gasteiger partial charge in [-0.15, -0.1) is 0 Å². The summed E-state index contributed by atoms with van der Waals surface area (Å²) < 4.78 is 49.5. The zero-order chi connectivity index (χ0) is 40.9. The van der Waals surface area contributed by atoms with Crippen molar-refractivity contribution in [2.45, 2.75) is 69.0 Å². The fourth-order valence-electron chi connectivity index (χ4n) is 9.19. The molecular formula is C50H52FN3O6. The second-order valence-corrected chi connectivity index (χ2v) is 16.2. The summed E-state index contributed by atoms with van der Waals surface area (Å²) in [6, 6.07) is 42.5. The molecule has 0 N–H and O–H groups in total. The van der Waals surface area contributed by atoms with Gasteiger partial charge in [-0.25, -0.2) is 9.37 Å². The van der Waals surface area contributed by atoms with E-state index in [-0.39, 0.29) is 24.4 Å². The lowest BCUT2D eigenvalue weighted by molar-refractivity contribution is -0.141. The minimum Gasteiger partial charge on any atom is -0.473 e. The Balaban J connectivity index is 0.937. The van der Waals surface area contributed by atoms with E-state index in [2.05, 4.69) is 41.3 Å². The number of piperidine rings is 1. The van der Waals surface area contributed by atoms with Crippen LogP contribution in [0.3, 0.4) is 0 Å². The molecule has 5 heterocycles. The molecule has 0 radical (unpaired) electrons. The molecule has 3 aliphatic heterocycles. The molecule has 4 aromatic carbocycles. The van der Waals surface area contributed by atoms with Gasteiger partial charge in [0, 0.05) is 55.9 Å². The van der Waals surface area contributed by atoms with Crippen LogP contribution >= 0.6 is 0 Å². The molecule has 1 unspecified atom stereocenters. The maximum Gasteiger partial charge on any atom is 0.305 e. The van der Waals surface area contributed by atoms with Gasteiger partial charge in [-0.3, -0.25) is 9.36 Å². The first-order valence-electron chi connectivity index (χ1n) is 21.3. The van der Waals surface area contributed by atoms with Gasteiger partial charge in [0.05, 0.1) is 37.5 Å². The van der Waals surface area contributed by atoms with Crippen LogP contribution in [0.25, 0.3) is 22.3 Å². The van der Waals surface area contributed by atoms with E-state index >= 15 is 4.39 Å². The summed E-state index contributed by atoms with van der Waals surface area (Å²) in [4.78, 5) is 19.0. The highest BCUT2D eigenvalue weighted by Gasteiger charge is 2.40. The third-order valence-corrected chi connectivity index (χ3v) is 12.3. The molecule has 310 valence electrons. The molecule has 0 saturated carbocycles. The van der Waals surface area contributed by atoms with Crippen LogP contribution < -0.4 is 9.64 Å². The number of esters is 1. The number of aromatic nitrogens is 2. The lowest BCUT2D eigenvalue weighted by atomic mass is 9.80. The molecule has 0 spiro atoms. The molecule has 3 saturated heterocycles. The molecule has 10 heteroatoms. The Hall–Kier alpha value is -5.55. The average Bonchev–Trinajstić information content (AvgIpc) is 3.91. The number of hydrogen-bond acceptors (Lipinski definition) is 8. The summed E-state index contributed by atoms with van der Waals surface area (Å²) in [5.74, 6) is 0.371. The molecule has 2 aromatic heterocycles. The standard InChI is InChI=1S/C50H52FN3O6/c1-56-48(55)29-35-24-26-53(27-25-35)40-22-20-36(21-23-40)49-43(51)31-45-44(52-49)32-47(54(45)46-19-11-12-28-57-46)60-42-30-41(58-33-42)34-59-50(37-13-5-2-6-14-37,38-15-7-3-8-16-38)39-17-9-4-10-18-39/h2-10,13-18,20-23,31-32,35,41-42,46H,11-12,19,24-30,33-34H2,1H3/t41-,42-,46?/m0/s1. The van der Waals surface area contributed by atoms with Crippen LogP contribution in [-0.2, 0) is 29.3 Å². The van der Waals surface area contributed by atoms with E-state index in [1.807, 2.05) is 89.5 Å². The van der Waals surface area contributed by atoms with Crippen LogP contribution in [0, 0.1) is 11.7 Å². The van der Waals surface area contributed by atoms with Gasteiger partial charge < -0.3 is 28.6 Å². The Morgan fingerprint density at radius 1 is 0.817 bits per heavy atom. The quantitative estimate of drug-likeness (QED) is 0.0843. The molecule has 3 aliphatic rings. The second-order valence-electron chi connectivity index (χ2n) is 16.2. The predicted octanol–water partition coefficient (Wildman–Crippen LogP) is 9.87.